The molecule has 1 aliphatic carbocycles. The summed E-state index contributed by atoms with van der Waals surface area (Å²) >= 11 is 5.18. The van der Waals surface area contributed by atoms with Gasteiger partial charge in [0.15, 0.2) is 5.60 Å². The van der Waals surface area contributed by atoms with Crippen molar-refractivity contribution in [3.63, 3.8) is 0 Å². The molecule has 31 heavy (non-hydrogen) atoms. The highest BCUT2D eigenvalue weighted by molar-refractivity contribution is 7.96. The molecule has 1 heterocycles. The van der Waals surface area contributed by atoms with Gasteiger partial charge in [0, 0.05) is 36.6 Å². The first kappa shape index (κ1) is 23.9. The second-order valence-electron chi connectivity index (χ2n) is 7.60. The number of anilines is 1. The summed E-state index contributed by atoms with van der Waals surface area (Å²) in [6.07, 6.45) is 0.422. The highest BCUT2D eigenvalue weighted by atomic mass is 32.2. The largest absolute Gasteiger partial charge is 0.421 e. The molecule has 0 radical (unpaired) electrons. The first-order chi connectivity index (χ1) is 14.4. The van der Waals surface area contributed by atoms with Crippen LogP contribution in [0.5, 0.6) is 0 Å². The molecule has 0 bridgehead atoms. The highest BCUT2D eigenvalue weighted by Crippen LogP contribution is 2.39. The fraction of sp³-hybridized carbons (Fsp3) is 0.450. The molecule has 2 N–H and O–H groups in total. The third kappa shape index (κ3) is 4.56. The lowest BCUT2D eigenvalue weighted by Crippen LogP contribution is -2.56. The van der Waals surface area contributed by atoms with E-state index in [2.05, 4.69) is 0 Å². The van der Waals surface area contributed by atoms with Gasteiger partial charge >= 0.3 is 6.18 Å². The minimum atomic E-state index is -4.83. The van der Waals surface area contributed by atoms with E-state index in [-0.39, 0.29) is 36.7 Å². The second kappa shape index (κ2) is 8.62. The Labute approximate surface area is 184 Å². The molecule has 0 amide bonds. The van der Waals surface area contributed by atoms with Crippen LogP contribution in [0.2, 0.25) is 0 Å². The zero-order chi connectivity index (χ0) is 23.0. The molecule has 0 aromatic heterocycles. The van der Waals surface area contributed by atoms with Crippen LogP contribution in [0.3, 0.4) is 0 Å². The van der Waals surface area contributed by atoms with Crippen molar-refractivity contribution in [3.05, 3.63) is 53.0 Å². The molecule has 1 fully saturated rings. The van der Waals surface area contributed by atoms with Crippen LogP contribution in [-0.4, -0.2) is 66.3 Å². The summed E-state index contributed by atoms with van der Waals surface area (Å²) < 4.78 is 66.4. The molecule has 1 aliphatic heterocycles. The fourth-order valence-corrected chi connectivity index (χ4v) is 5.65. The molecule has 6 nitrogen and oxygen atoms in total. The molecule has 1 aromatic carbocycles. The lowest BCUT2D eigenvalue weighted by atomic mass is 9.95. The predicted octanol–water partition coefficient (Wildman–Crippen LogP) is 2.48. The Kier molecular flexibility index (Phi) is 6.64. The van der Waals surface area contributed by atoms with E-state index in [9.17, 15) is 31.8 Å². The summed E-state index contributed by atoms with van der Waals surface area (Å²) in [5.74, 6) is 0. The zero-order valence-electron chi connectivity index (χ0n) is 16.7. The molecule has 0 saturated carbocycles. The lowest BCUT2D eigenvalue weighted by Gasteiger charge is -2.41. The molecule has 1 saturated heterocycles. The van der Waals surface area contributed by atoms with E-state index in [1.54, 1.807) is 17.1 Å². The molecule has 2 unspecified atom stereocenters. The minimum absolute atomic E-state index is 0.00448. The minimum Gasteiger partial charge on any atom is -0.394 e. The third-order valence-corrected chi connectivity index (χ3v) is 8.01. The van der Waals surface area contributed by atoms with Gasteiger partial charge in [-0.1, -0.05) is 36.5 Å². The van der Waals surface area contributed by atoms with Gasteiger partial charge in [0.1, 0.15) is 0 Å². The molecule has 11 heteroatoms. The maximum Gasteiger partial charge on any atom is 0.421 e. The monoisotopic (exact) mass is 476 g/mol. The van der Waals surface area contributed by atoms with Crippen molar-refractivity contribution in [1.29, 1.82) is 0 Å². The van der Waals surface area contributed by atoms with Crippen LogP contribution in [0.4, 0.5) is 18.9 Å². The van der Waals surface area contributed by atoms with E-state index < -0.39 is 27.8 Å². The van der Waals surface area contributed by atoms with E-state index in [0.717, 1.165) is 0 Å². The number of halogens is 3. The number of benzene rings is 1. The van der Waals surface area contributed by atoms with Crippen molar-refractivity contribution >= 4 is 32.8 Å². The Morgan fingerprint density at radius 2 is 1.84 bits per heavy atom. The molecule has 3 rings (SSSR count). The van der Waals surface area contributed by atoms with E-state index >= 15 is 0 Å². The van der Waals surface area contributed by atoms with E-state index in [4.69, 9.17) is 12.2 Å². The number of piperazine rings is 1. The highest BCUT2D eigenvalue weighted by Gasteiger charge is 2.51. The number of nitrogens with zero attached hydrogens (tertiary/aromatic N) is 2. The van der Waals surface area contributed by atoms with Gasteiger partial charge in [0.2, 0.25) is 10.0 Å². The number of rotatable bonds is 5. The standard InChI is InChI=1S/C20H23F3N2O4S2/c1-19(27,20(21,22)23)14-6-8-15(9-7-14)25-11-10-24(12-16(25)13-26)31(28,29)18-5-3-2-4-17(18)30/h2-3,5-9,16,26-27H,4,10-13H2,1H3. The molecule has 1 aromatic rings. The van der Waals surface area contributed by atoms with Crippen LogP contribution < -0.4 is 4.90 Å². The van der Waals surface area contributed by atoms with Gasteiger partial charge in [-0.3, -0.25) is 0 Å². The summed E-state index contributed by atoms with van der Waals surface area (Å²) in [6, 6.07) is 4.61. The van der Waals surface area contributed by atoms with Crippen molar-refractivity contribution in [2.24, 2.45) is 0 Å². The van der Waals surface area contributed by atoms with Gasteiger partial charge in [-0.25, -0.2) is 8.42 Å². The average Bonchev–Trinajstić information content (AvgIpc) is 2.72. The number of hydrogen-bond donors (Lipinski definition) is 2. The van der Waals surface area contributed by atoms with Crippen molar-refractivity contribution in [2.75, 3.05) is 31.1 Å². The van der Waals surface area contributed by atoms with E-state index in [1.165, 1.54) is 34.6 Å². The summed E-state index contributed by atoms with van der Waals surface area (Å²) in [4.78, 5) is 2.15. The molecule has 2 atom stereocenters. The van der Waals surface area contributed by atoms with Crippen molar-refractivity contribution in [1.82, 2.24) is 4.31 Å². The summed E-state index contributed by atoms with van der Waals surface area (Å²) in [5, 5.41) is 19.7. The van der Waals surface area contributed by atoms with Crippen LogP contribution in [-0.2, 0) is 15.6 Å². The van der Waals surface area contributed by atoms with Crippen LogP contribution in [0.25, 0.3) is 0 Å². The number of hydrogen-bond acceptors (Lipinski definition) is 6. The number of sulfonamides is 1. The molecule has 2 aliphatic rings. The topological polar surface area (TPSA) is 81.1 Å². The molecular weight excluding hydrogens is 453 g/mol. The quantitative estimate of drug-likeness (QED) is 0.636. The maximum atomic E-state index is 13.1. The normalized spacial score (nSPS) is 22.9. The van der Waals surface area contributed by atoms with Crippen molar-refractivity contribution in [3.8, 4) is 0 Å². The van der Waals surface area contributed by atoms with Gasteiger partial charge in [-0.15, -0.1) is 0 Å². The van der Waals surface area contributed by atoms with Crippen LogP contribution in [0.15, 0.2) is 47.4 Å². The van der Waals surface area contributed by atoms with Crippen molar-refractivity contribution in [2.45, 2.75) is 31.2 Å². The smallest absolute Gasteiger partial charge is 0.394 e. The van der Waals surface area contributed by atoms with E-state index in [1.807, 2.05) is 0 Å². The van der Waals surface area contributed by atoms with Crippen LogP contribution in [0.1, 0.15) is 18.9 Å². The first-order valence-corrected chi connectivity index (χ1v) is 11.4. The number of thiocarbonyl (C=S) groups is 1. The Hall–Kier alpha value is -1.79. The molecule has 0 spiro atoms. The van der Waals surface area contributed by atoms with E-state index in [0.29, 0.717) is 23.9 Å². The summed E-state index contributed by atoms with van der Waals surface area (Å²) in [6.45, 7) is 0.698. The Bertz CT molecular complexity index is 1000. The van der Waals surface area contributed by atoms with Gasteiger partial charge in [-0.2, -0.15) is 17.5 Å². The van der Waals surface area contributed by atoms with Crippen molar-refractivity contribution < 1.29 is 31.8 Å². The molecular formula is C20H23F3N2O4S2. The fourth-order valence-electron chi connectivity index (χ4n) is 3.58. The maximum absolute atomic E-state index is 13.1. The average molecular weight is 477 g/mol. The van der Waals surface area contributed by atoms with Crippen LogP contribution >= 0.6 is 12.2 Å². The molecule has 170 valence electrons. The van der Waals surface area contributed by atoms with Gasteiger partial charge < -0.3 is 15.1 Å². The SMILES string of the molecule is CC(O)(c1ccc(N2CCN(S(=O)(=O)C3=CC=CCC3=S)CC2CO)cc1)C(F)(F)F. The number of aliphatic hydroxyl groups excluding tert-OH is 1. The summed E-state index contributed by atoms with van der Waals surface area (Å²) in [5.41, 5.74) is -2.78. The Balaban J connectivity index is 1.80. The summed E-state index contributed by atoms with van der Waals surface area (Å²) in [7, 11) is -3.82. The number of allylic oxidation sites excluding steroid dienone is 4. The lowest BCUT2D eigenvalue weighted by molar-refractivity contribution is -0.258. The third-order valence-electron chi connectivity index (χ3n) is 5.55. The van der Waals surface area contributed by atoms with Gasteiger partial charge in [0.05, 0.1) is 17.6 Å². The first-order valence-electron chi connectivity index (χ1n) is 9.57. The van der Waals surface area contributed by atoms with Crippen LogP contribution in [0, 0.1) is 0 Å². The zero-order valence-corrected chi connectivity index (χ0v) is 18.3. The Morgan fingerprint density at radius 3 is 2.39 bits per heavy atom. The second-order valence-corrected chi connectivity index (χ2v) is 10.00. The number of alkyl halides is 3. The number of aliphatic hydroxyl groups is 2. The predicted molar refractivity (Wildman–Crippen MR) is 115 cm³/mol. The Morgan fingerprint density at radius 1 is 1.19 bits per heavy atom. The van der Waals surface area contributed by atoms with Gasteiger partial charge in [-0.05, 0) is 30.7 Å². The van der Waals surface area contributed by atoms with Gasteiger partial charge in [0.25, 0.3) is 0 Å².